The maximum atomic E-state index is 5.92. The Morgan fingerprint density at radius 3 is 2.88 bits per heavy atom. The van der Waals surface area contributed by atoms with Gasteiger partial charge in [0, 0.05) is 6.54 Å². The Kier molecular flexibility index (Phi) is 3.13. The molecule has 1 aliphatic rings. The van der Waals surface area contributed by atoms with Gasteiger partial charge < -0.3 is 10.6 Å². The number of guanidine groups is 1. The monoisotopic (exact) mass is 217 g/mol. The van der Waals surface area contributed by atoms with E-state index in [-0.39, 0.29) is 0 Å². The van der Waals surface area contributed by atoms with Crippen LogP contribution in [-0.2, 0) is 0 Å². The average Bonchev–Trinajstić information content (AvgIpc) is 2.62. The summed E-state index contributed by atoms with van der Waals surface area (Å²) in [6.45, 7) is 6.08. The zero-order valence-electron chi connectivity index (χ0n) is 9.98. The zero-order chi connectivity index (χ0) is 11.5. The van der Waals surface area contributed by atoms with E-state index < -0.39 is 0 Å². The van der Waals surface area contributed by atoms with Crippen LogP contribution in [0.15, 0.2) is 29.3 Å². The van der Waals surface area contributed by atoms with E-state index in [0.29, 0.717) is 12.0 Å². The highest BCUT2D eigenvalue weighted by atomic mass is 15.3. The first-order valence-corrected chi connectivity index (χ1v) is 5.86. The third-order valence-electron chi connectivity index (χ3n) is 3.11. The molecule has 16 heavy (non-hydrogen) atoms. The van der Waals surface area contributed by atoms with Crippen LogP contribution in [0.2, 0.25) is 0 Å². The molecule has 0 radical (unpaired) electrons. The Bertz CT molecular complexity index is 398. The molecule has 1 unspecified atom stereocenters. The fourth-order valence-electron chi connectivity index (χ4n) is 2.27. The highest BCUT2D eigenvalue weighted by molar-refractivity contribution is 5.80. The maximum Gasteiger partial charge on any atom is 0.191 e. The number of rotatable bonds is 3. The Labute approximate surface area is 97.0 Å². The first-order chi connectivity index (χ1) is 7.74. The molecule has 0 aliphatic carbocycles. The van der Waals surface area contributed by atoms with E-state index in [1.165, 1.54) is 11.1 Å². The van der Waals surface area contributed by atoms with Crippen LogP contribution in [-0.4, -0.2) is 23.9 Å². The van der Waals surface area contributed by atoms with Crippen molar-refractivity contribution >= 4 is 5.96 Å². The molecule has 1 atom stereocenters. The number of hydrogen-bond acceptors (Lipinski definition) is 3. The fraction of sp³-hybridized carbons (Fsp3) is 0.462. The standard InChI is InChI=1S/C13H19N3/c1-3-8-16-12(9-15-13(16)14)11-7-5-4-6-10(11)2/h4-7,12H,3,8-9H2,1-2H3,(H2,14,15). The van der Waals surface area contributed by atoms with Crippen molar-refractivity contribution in [1.82, 2.24) is 4.90 Å². The zero-order valence-corrected chi connectivity index (χ0v) is 9.98. The molecule has 2 N–H and O–H groups in total. The Morgan fingerprint density at radius 1 is 1.44 bits per heavy atom. The van der Waals surface area contributed by atoms with E-state index in [1.807, 2.05) is 0 Å². The molecule has 0 aromatic heterocycles. The molecule has 3 heteroatoms. The van der Waals surface area contributed by atoms with Gasteiger partial charge in [0.15, 0.2) is 5.96 Å². The highest BCUT2D eigenvalue weighted by Crippen LogP contribution is 2.27. The van der Waals surface area contributed by atoms with Crippen LogP contribution in [0.3, 0.4) is 0 Å². The van der Waals surface area contributed by atoms with Gasteiger partial charge in [0.25, 0.3) is 0 Å². The van der Waals surface area contributed by atoms with Crippen LogP contribution >= 0.6 is 0 Å². The Hall–Kier alpha value is -1.51. The number of benzene rings is 1. The molecule has 0 saturated carbocycles. The Balaban J connectivity index is 2.25. The maximum absolute atomic E-state index is 5.92. The van der Waals surface area contributed by atoms with Crippen LogP contribution in [0.5, 0.6) is 0 Å². The third kappa shape index (κ3) is 1.90. The minimum absolute atomic E-state index is 0.334. The molecule has 0 amide bonds. The van der Waals surface area contributed by atoms with Crippen LogP contribution in [0.25, 0.3) is 0 Å². The second-order valence-electron chi connectivity index (χ2n) is 4.26. The van der Waals surface area contributed by atoms with E-state index in [0.717, 1.165) is 19.5 Å². The summed E-state index contributed by atoms with van der Waals surface area (Å²) >= 11 is 0. The number of nitrogens with two attached hydrogens (primary N) is 1. The largest absolute Gasteiger partial charge is 0.370 e. The van der Waals surface area contributed by atoms with Crippen molar-refractivity contribution in [1.29, 1.82) is 0 Å². The molecule has 86 valence electrons. The number of aryl methyl sites for hydroxylation is 1. The summed E-state index contributed by atoms with van der Waals surface area (Å²) in [5.41, 5.74) is 8.58. The second kappa shape index (κ2) is 4.56. The van der Waals surface area contributed by atoms with Crippen molar-refractivity contribution in [3.63, 3.8) is 0 Å². The molecular weight excluding hydrogens is 198 g/mol. The summed E-state index contributed by atoms with van der Waals surface area (Å²) in [5.74, 6) is 0.690. The molecule has 0 bridgehead atoms. The Morgan fingerprint density at radius 2 is 2.19 bits per heavy atom. The van der Waals surface area contributed by atoms with E-state index in [2.05, 4.69) is 48.0 Å². The van der Waals surface area contributed by atoms with Crippen LogP contribution < -0.4 is 5.73 Å². The van der Waals surface area contributed by atoms with Gasteiger partial charge in [0.2, 0.25) is 0 Å². The van der Waals surface area contributed by atoms with Gasteiger partial charge in [-0.3, -0.25) is 4.99 Å². The van der Waals surface area contributed by atoms with E-state index in [9.17, 15) is 0 Å². The van der Waals surface area contributed by atoms with Gasteiger partial charge in [-0.15, -0.1) is 0 Å². The van der Waals surface area contributed by atoms with Gasteiger partial charge in [-0.25, -0.2) is 0 Å². The minimum Gasteiger partial charge on any atom is -0.370 e. The van der Waals surface area contributed by atoms with Gasteiger partial charge in [-0.1, -0.05) is 31.2 Å². The smallest absolute Gasteiger partial charge is 0.191 e. The van der Waals surface area contributed by atoms with Crippen molar-refractivity contribution in [3.05, 3.63) is 35.4 Å². The summed E-state index contributed by atoms with van der Waals surface area (Å²) in [5, 5.41) is 0. The van der Waals surface area contributed by atoms with Gasteiger partial charge >= 0.3 is 0 Å². The van der Waals surface area contributed by atoms with Crippen molar-refractivity contribution < 1.29 is 0 Å². The van der Waals surface area contributed by atoms with Crippen molar-refractivity contribution in [2.75, 3.05) is 13.1 Å². The molecule has 1 aromatic rings. The van der Waals surface area contributed by atoms with Gasteiger partial charge in [0.1, 0.15) is 0 Å². The van der Waals surface area contributed by atoms with E-state index in [4.69, 9.17) is 5.73 Å². The summed E-state index contributed by atoms with van der Waals surface area (Å²) in [6.07, 6.45) is 1.10. The molecule has 1 aromatic carbocycles. The fourth-order valence-corrected chi connectivity index (χ4v) is 2.27. The molecule has 1 heterocycles. The third-order valence-corrected chi connectivity index (χ3v) is 3.11. The topological polar surface area (TPSA) is 41.6 Å². The highest BCUT2D eigenvalue weighted by Gasteiger charge is 2.27. The summed E-state index contributed by atoms with van der Waals surface area (Å²) < 4.78 is 0. The lowest BCUT2D eigenvalue weighted by Gasteiger charge is -2.27. The predicted octanol–water partition coefficient (Wildman–Crippen LogP) is 2.08. The van der Waals surface area contributed by atoms with Crippen molar-refractivity contribution in [2.45, 2.75) is 26.3 Å². The molecule has 0 saturated heterocycles. The number of aliphatic imine (C=N–C) groups is 1. The van der Waals surface area contributed by atoms with Crippen LogP contribution in [0, 0.1) is 6.92 Å². The molecule has 2 rings (SSSR count). The normalized spacial score (nSPS) is 20.0. The van der Waals surface area contributed by atoms with Crippen molar-refractivity contribution in [2.24, 2.45) is 10.7 Å². The van der Waals surface area contributed by atoms with Crippen LogP contribution in [0.4, 0.5) is 0 Å². The summed E-state index contributed by atoms with van der Waals surface area (Å²) in [4.78, 5) is 6.57. The van der Waals surface area contributed by atoms with E-state index in [1.54, 1.807) is 0 Å². The van der Waals surface area contributed by atoms with E-state index >= 15 is 0 Å². The van der Waals surface area contributed by atoms with Crippen molar-refractivity contribution in [3.8, 4) is 0 Å². The SMILES string of the molecule is CCCN1C(N)=NCC1c1ccccc1C. The van der Waals surface area contributed by atoms with Crippen LogP contribution in [0.1, 0.15) is 30.5 Å². The minimum atomic E-state index is 0.334. The molecule has 1 aliphatic heterocycles. The quantitative estimate of drug-likeness (QED) is 0.842. The lowest BCUT2D eigenvalue weighted by molar-refractivity contribution is 0.346. The number of hydrogen-bond donors (Lipinski definition) is 1. The van der Waals surface area contributed by atoms with Gasteiger partial charge in [-0.05, 0) is 24.5 Å². The van der Waals surface area contributed by atoms with Gasteiger partial charge in [0.05, 0.1) is 12.6 Å². The molecular formula is C13H19N3. The lowest BCUT2D eigenvalue weighted by Crippen LogP contribution is -2.36. The first-order valence-electron chi connectivity index (χ1n) is 5.86. The van der Waals surface area contributed by atoms with Gasteiger partial charge in [-0.2, -0.15) is 0 Å². The predicted molar refractivity (Wildman–Crippen MR) is 67.4 cm³/mol. The summed E-state index contributed by atoms with van der Waals surface area (Å²) in [6, 6.07) is 8.81. The number of nitrogens with zero attached hydrogens (tertiary/aromatic N) is 2. The second-order valence-corrected chi connectivity index (χ2v) is 4.26. The first kappa shape index (κ1) is 11.0. The summed E-state index contributed by atoms with van der Waals surface area (Å²) in [7, 11) is 0. The lowest BCUT2D eigenvalue weighted by atomic mass is 10.0. The molecule has 3 nitrogen and oxygen atoms in total. The molecule has 0 spiro atoms. The molecule has 0 fully saturated rings. The average molecular weight is 217 g/mol.